The third-order valence-corrected chi connectivity index (χ3v) is 3.10. The van der Waals surface area contributed by atoms with Gasteiger partial charge in [0.05, 0.1) is 7.11 Å². The SMILES string of the molecule is COc1c(C(=O)O)nc(C(C)C(C)C)n(C)c1=O. The van der Waals surface area contributed by atoms with E-state index < -0.39 is 11.5 Å². The van der Waals surface area contributed by atoms with Crippen molar-refractivity contribution in [3.8, 4) is 5.75 Å². The highest BCUT2D eigenvalue weighted by molar-refractivity contribution is 5.88. The molecule has 0 aliphatic rings. The fraction of sp³-hybridized carbons (Fsp3) is 0.583. The molecule has 1 aromatic heterocycles. The highest BCUT2D eigenvalue weighted by Crippen LogP contribution is 2.22. The molecule has 0 radical (unpaired) electrons. The molecule has 1 heterocycles. The summed E-state index contributed by atoms with van der Waals surface area (Å²) in [5.74, 6) is -0.815. The standard InChI is InChI=1S/C12H18N2O4/c1-6(2)7(3)10-13-8(12(16)17)9(18-5)11(15)14(10)4/h6-7H,1-5H3,(H,16,17). The molecule has 1 atom stereocenters. The number of aromatic carboxylic acids is 1. The lowest BCUT2D eigenvalue weighted by Gasteiger charge is -2.19. The second-order valence-corrected chi connectivity index (χ2v) is 4.55. The molecule has 6 nitrogen and oxygen atoms in total. The summed E-state index contributed by atoms with van der Waals surface area (Å²) in [5.41, 5.74) is -0.810. The Balaban J connectivity index is 3.57. The Hall–Kier alpha value is -1.85. The minimum absolute atomic E-state index is 0.0216. The molecule has 0 spiro atoms. The van der Waals surface area contributed by atoms with Gasteiger partial charge in [0.25, 0.3) is 5.56 Å². The summed E-state index contributed by atoms with van der Waals surface area (Å²) in [6.45, 7) is 5.88. The van der Waals surface area contributed by atoms with Crippen molar-refractivity contribution in [3.05, 3.63) is 21.9 Å². The van der Waals surface area contributed by atoms with Gasteiger partial charge >= 0.3 is 5.97 Å². The van der Waals surface area contributed by atoms with Crippen molar-refractivity contribution in [2.45, 2.75) is 26.7 Å². The van der Waals surface area contributed by atoms with Crippen molar-refractivity contribution in [3.63, 3.8) is 0 Å². The van der Waals surface area contributed by atoms with E-state index in [9.17, 15) is 9.59 Å². The normalized spacial score (nSPS) is 12.6. The fourth-order valence-electron chi connectivity index (χ4n) is 1.63. The zero-order chi connectivity index (χ0) is 14.0. The number of hydrogen-bond acceptors (Lipinski definition) is 4. The van der Waals surface area contributed by atoms with E-state index in [-0.39, 0.29) is 23.3 Å². The van der Waals surface area contributed by atoms with Crippen molar-refractivity contribution < 1.29 is 14.6 Å². The van der Waals surface area contributed by atoms with Crippen LogP contribution in [0.3, 0.4) is 0 Å². The first-order chi connectivity index (χ1) is 8.31. The maximum atomic E-state index is 12.0. The molecule has 0 saturated heterocycles. The average molecular weight is 254 g/mol. The maximum absolute atomic E-state index is 12.0. The first kappa shape index (κ1) is 14.2. The van der Waals surface area contributed by atoms with Gasteiger partial charge < -0.3 is 9.84 Å². The number of carboxylic acid groups (broad SMARTS) is 1. The zero-order valence-electron chi connectivity index (χ0n) is 11.2. The molecule has 1 aromatic rings. The molecule has 1 rings (SSSR count). The number of aromatic nitrogens is 2. The summed E-state index contributed by atoms with van der Waals surface area (Å²) in [7, 11) is 2.83. The summed E-state index contributed by atoms with van der Waals surface area (Å²) < 4.78 is 6.18. The van der Waals surface area contributed by atoms with Gasteiger partial charge in [-0.1, -0.05) is 20.8 Å². The lowest BCUT2D eigenvalue weighted by molar-refractivity contribution is 0.0685. The van der Waals surface area contributed by atoms with Crippen LogP contribution in [-0.4, -0.2) is 27.7 Å². The number of carboxylic acids is 1. The number of nitrogens with zero attached hydrogens (tertiary/aromatic N) is 2. The van der Waals surface area contributed by atoms with Crippen molar-refractivity contribution >= 4 is 5.97 Å². The van der Waals surface area contributed by atoms with E-state index in [1.54, 1.807) is 7.05 Å². The molecule has 0 aromatic carbocycles. The van der Waals surface area contributed by atoms with Gasteiger partial charge in [0.15, 0.2) is 5.69 Å². The first-order valence-corrected chi connectivity index (χ1v) is 5.69. The van der Waals surface area contributed by atoms with Gasteiger partial charge in [0.2, 0.25) is 5.75 Å². The van der Waals surface area contributed by atoms with Crippen molar-refractivity contribution in [1.29, 1.82) is 0 Å². The topological polar surface area (TPSA) is 81.4 Å². The largest absolute Gasteiger partial charge is 0.489 e. The van der Waals surface area contributed by atoms with E-state index in [4.69, 9.17) is 9.84 Å². The number of methoxy groups -OCH3 is 1. The van der Waals surface area contributed by atoms with Crippen LogP contribution in [0.15, 0.2) is 4.79 Å². The maximum Gasteiger partial charge on any atom is 0.358 e. The summed E-state index contributed by atoms with van der Waals surface area (Å²) in [6.07, 6.45) is 0. The second-order valence-electron chi connectivity index (χ2n) is 4.55. The number of rotatable bonds is 4. The second kappa shape index (κ2) is 5.20. The van der Waals surface area contributed by atoms with E-state index in [0.29, 0.717) is 5.82 Å². The molecule has 0 saturated carbocycles. The van der Waals surface area contributed by atoms with E-state index in [1.807, 2.05) is 20.8 Å². The van der Waals surface area contributed by atoms with Gasteiger partial charge in [-0.05, 0) is 5.92 Å². The fourth-order valence-corrected chi connectivity index (χ4v) is 1.63. The van der Waals surface area contributed by atoms with E-state index in [1.165, 1.54) is 11.7 Å². The van der Waals surface area contributed by atoms with Gasteiger partial charge in [-0.15, -0.1) is 0 Å². The van der Waals surface area contributed by atoms with Gasteiger partial charge in [0, 0.05) is 13.0 Å². The summed E-state index contributed by atoms with van der Waals surface area (Å²) in [4.78, 5) is 27.2. The Kier molecular flexibility index (Phi) is 4.11. The third-order valence-electron chi connectivity index (χ3n) is 3.10. The van der Waals surface area contributed by atoms with Gasteiger partial charge in [-0.25, -0.2) is 9.78 Å². The quantitative estimate of drug-likeness (QED) is 0.874. The zero-order valence-corrected chi connectivity index (χ0v) is 11.2. The average Bonchev–Trinajstić information content (AvgIpc) is 2.30. The summed E-state index contributed by atoms with van der Waals surface area (Å²) in [5, 5.41) is 9.07. The van der Waals surface area contributed by atoms with Crippen LogP contribution in [0, 0.1) is 5.92 Å². The number of ether oxygens (including phenoxy) is 1. The number of hydrogen-bond donors (Lipinski definition) is 1. The Morgan fingerprint density at radius 2 is 1.94 bits per heavy atom. The van der Waals surface area contributed by atoms with Gasteiger partial charge in [0.1, 0.15) is 5.82 Å². The van der Waals surface area contributed by atoms with E-state index >= 15 is 0 Å². The molecule has 0 aliphatic carbocycles. The molecule has 0 fully saturated rings. The Labute approximate surface area is 105 Å². The molecule has 100 valence electrons. The van der Waals surface area contributed by atoms with Crippen molar-refractivity contribution in [2.75, 3.05) is 7.11 Å². The van der Waals surface area contributed by atoms with Crippen molar-refractivity contribution in [1.82, 2.24) is 9.55 Å². The lowest BCUT2D eigenvalue weighted by Crippen LogP contribution is -2.29. The molecule has 1 unspecified atom stereocenters. The van der Waals surface area contributed by atoms with Crippen molar-refractivity contribution in [2.24, 2.45) is 13.0 Å². The van der Waals surface area contributed by atoms with E-state index in [0.717, 1.165) is 0 Å². The van der Waals surface area contributed by atoms with Crippen LogP contribution in [0.1, 0.15) is 43.0 Å². The van der Waals surface area contributed by atoms with Crippen LogP contribution < -0.4 is 10.3 Å². The molecule has 0 amide bonds. The summed E-state index contributed by atoms with van der Waals surface area (Å²) in [6, 6.07) is 0. The van der Waals surface area contributed by atoms with Crippen LogP contribution in [0.5, 0.6) is 5.75 Å². The molecule has 18 heavy (non-hydrogen) atoms. The van der Waals surface area contributed by atoms with Crippen LogP contribution in [0.25, 0.3) is 0 Å². The highest BCUT2D eigenvalue weighted by Gasteiger charge is 2.24. The molecule has 1 N–H and O–H groups in total. The first-order valence-electron chi connectivity index (χ1n) is 5.69. The van der Waals surface area contributed by atoms with Crippen LogP contribution in [0.4, 0.5) is 0 Å². The van der Waals surface area contributed by atoms with E-state index in [2.05, 4.69) is 4.98 Å². The predicted molar refractivity (Wildman–Crippen MR) is 66.2 cm³/mol. The molecular weight excluding hydrogens is 236 g/mol. The smallest absolute Gasteiger partial charge is 0.358 e. The van der Waals surface area contributed by atoms with Gasteiger partial charge in [-0.3, -0.25) is 9.36 Å². The minimum atomic E-state index is -1.26. The Bertz CT molecular complexity index is 520. The predicted octanol–water partition coefficient (Wildman–Crippen LogP) is 1.25. The lowest BCUT2D eigenvalue weighted by atomic mass is 9.97. The van der Waals surface area contributed by atoms with Crippen LogP contribution in [-0.2, 0) is 7.05 Å². The minimum Gasteiger partial charge on any atom is -0.489 e. The van der Waals surface area contributed by atoms with Crippen LogP contribution in [0.2, 0.25) is 0 Å². The molecule has 0 aliphatic heterocycles. The third kappa shape index (κ3) is 2.37. The molecule has 6 heteroatoms. The summed E-state index contributed by atoms with van der Waals surface area (Å²) >= 11 is 0. The van der Waals surface area contributed by atoms with Gasteiger partial charge in [-0.2, -0.15) is 0 Å². The molecule has 0 bridgehead atoms. The highest BCUT2D eigenvalue weighted by atomic mass is 16.5. The Morgan fingerprint density at radius 1 is 1.39 bits per heavy atom. The monoisotopic (exact) mass is 254 g/mol. The molecular formula is C12H18N2O4. The Morgan fingerprint density at radius 3 is 2.33 bits per heavy atom. The van der Waals surface area contributed by atoms with Crippen LogP contribution >= 0.6 is 0 Å². The number of carbonyl (C=O) groups is 1.